The molecule has 1 saturated carbocycles. The van der Waals surface area contributed by atoms with Crippen molar-refractivity contribution in [2.45, 2.75) is 24.8 Å². The Morgan fingerprint density at radius 2 is 2.10 bits per heavy atom. The van der Waals surface area contributed by atoms with E-state index in [9.17, 15) is 0 Å². The van der Waals surface area contributed by atoms with Crippen LogP contribution in [0.15, 0.2) is 52.8 Å². The molecular weight excluding hydrogens is 266 g/mol. The summed E-state index contributed by atoms with van der Waals surface area (Å²) in [4.78, 5) is 5.75. The van der Waals surface area contributed by atoms with Crippen LogP contribution in [-0.2, 0) is 6.42 Å². The number of guanidine groups is 1. The number of thiophene rings is 1. The molecule has 0 saturated heterocycles. The zero-order valence-electron chi connectivity index (χ0n) is 11.3. The van der Waals surface area contributed by atoms with Gasteiger partial charge in [-0.15, -0.1) is 11.3 Å². The summed E-state index contributed by atoms with van der Waals surface area (Å²) in [7, 11) is 0. The quantitative estimate of drug-likeness (QED) is 0.655. The van der Waals surface area contributed by atoms with Crippen LogP contribution in [-0.4, -0.2) is 18.5 Å². The number of nitrogens with zero attached hydrogens (tertiary/aromatic N) is 1. The minimum atomic E-state index is 0.447. The van der Waals surface area contributed by atoms with Crippen LogP contribution in [0, 0.1) is 0 Å². The Morgan fingerprint density at radius 3 is 2.85 bits per heavy atom. The van der Waals surface area contributed by atoms with Crippen molar-refractivity contribution in [2.75, 3.05) is 6.54 Å². The van der Waals surface area contributed by atoms with E-state index in [0.717, 1.165) is 19.4 Å². The summed E-state index contributed by atoms with van der Waals surface area (Å²) in [5.74, 6) is 1.16. The van der Waals surface area contributed by atoms with Gasteiger partial charge in [0.2, 0.25) is 0 Å². The number of rotatable bonds is 5. The number of aliphatic imine (C=N–C) groups is 1. The molecule has 3 nitrogen and oxygen atoms in total. The SMILES string of the molecule is NC(=NCCc1cccs1)NC1CC1c1ccccc1. The second kappa shape index (κ2) is 6.09. The Morgan fingerprint density at radius 1 is 1.25 bits per heavy atom. The van der Waals surface area contributed by atoms with Crippen LogP contribution in [0.2, 0.25) is 0 Å². The van der Waals surface area contributed by atoms with Gasteiger partial charge >= 0.3 is 0 Å². The van der Waals surface area contributed by atoms with Crippen LogP contribution in [0.5, 0.6) is 0 Å². The molecule has 104 valence electrons. The molecule has 2 atom stereocenters. The van der Waals surface area contributed by atoms with Gasteiger partial charge in [-0.3, -0.25) is 4.99 Å². The molecule has 1 aromatic carbocycles. The molecule has 0 radical (unpaired) electrons. The zero-order chi connectivity index (χ0) is 13.8. The predicted molar refractivity (Wildman–Crippen MR) is 85.2 cm³/mol. The number of nitrogens with two attached hydrogens (primary N) is 1. The lowest BCUT2D eigenvalue weighted by molar-refractivity contribution is 0.844. The molecule has 1 aliphatic carbocycles. The summed E-state index contributed by atoms with van der Waals surface area (Å²) in [6.45, 7) is 0.752. The maximum atomic E-state index is 5.94. The van der Waals surface area contributed by atoms with E-state index in [2.05, 4.69) is 58.2 Å². The van der Waals surface area contributed by atoms with Gasteiger partial charge in [0, 0.05) is 29.8 Å². The fraction of sp³-hybridized carbons (Fsp3) is 0.312. The average Bonchev–Trinajstić information content (AvgIpc) is 3.02. The summed E-state index contributed by atoms with van der Waals surface area (Å²) in [5.41, 5.74) is 7.32. The van der Waals surface area contributed by atoms with Gasteiger partial charge in [0.25, 0.3) is 0 Å². The van der Waals surface area contributed by atoms with E-state index < -0.39 is 0 Å². The van der Waals surface area contributed by atoms with Crippen molar-refractivity contribution in [3.8, 4) is 0 Å². The fourth-order valence-electron chi connectivity index (χ4n) is 2.40. The highest BCUT2D eigenvalue weighted by Crippen LogP contribution is 2.40. The van der Waals surface area contributed by atoms with Gasteiger partial charge < -0.3 is 11.1 Å². The van der Waals surface area contributed by atoms with E-state index >= 15 is 0 Å². The lowest BCUT2D eigenvalue weighted by atomic mass is 10.1. The summed E-state index contributed by atoms with van der Waals surface area (Å²) in [6, 6.07) is 15.2. The average molecular weight is 285 g/mol. The van der Waals surface area contributed by atoms with Gasteiger partial charge in [-0.25, -0.2) is 0 Å². The summed E-state index contributed by atoms with van der Waals surface area (Å²) >= 11 is 1.77. The lowest BCUT2D eigenvalue weighted by Crippen LogP contribution is -2.34. The van der Waals surface area contributed by atoms with E-state index in [1.165, 1.54) is 10.4 Å². The highest BCUT2D eigenvalue weighted by atomic mass is 32.1. The van der Waals surface area contributed by atoms with Crippen LogP contribution >= 0.6 is 11.3 Å². The molecule has 20 heavy (non-hydrogen) atoms. The smallest absolute Gasteiger partial charge is 0.188 e. The first kappa shape index (κ1) is 13.2. The third kappa shape index (κ3) is 3.39. The Kier molecular flexibility index (Phi) is 4.02. The molecule has 4 heteroatoms. The van der Waals surface area contributed by atoms with Crippen LogP contribution in [0.1, 0.15) is 22.8 Å². The number of nitrogens with one attached hydrogen (secondary N) is 1. The molecular formula is C16H19N3S. The van der Waals surface area contributed by atoms with Gasteiger partial charge in [-0.2, -0.15) is 0 Å². The minimum absolute atomic E-state index is 0.447. The maximum absolute atomic E-state index is 5.94. The molecule has 2 aromatic rings. The van der Waals surface area contributed by atoms with Gasteiger partial charge in [-0.1, -0.05) is 36.4 Å². The molecule has 3 rings (SSSR count). The molecule has 1 fully saturated rings. The monoisotopic (exact) mass is 285 g/mol. The van der Waals surface area contributed by atoms with Crippen LogP contribution in [0.3, 0.4) is 0 Å². The van der Waals surface area contributed by atoms with Crippen molar-refractivity contribution in [1.29, 1.82) is 0 Å². The third-order valence-corrected chi connectivity index (χ3v) is 4.51. The van der Waals surface area contributed by atoms with Crippen molar-refractivity contribution in [3.63, 3.8) is 0 Å². The second-order valence-corrected chi connectivity index (χ2v) is 6.13. The van der Waals surface area contributed by atoms with Gasteiger partial charge in [-0.05, 0) is 23.4 Å². The third-order valence-electron chi connectivity index (χ3n) is 3.57. The van der Waals surface area contributed by atoms with Gasteiger partial charge in [0.05, 0.1) is 0 Å². The molecule has 0 spiro atoms. The molecule has 1 aliphatic rings. The van der Waals surface area contributed by atoms with Crippen molar-refractivity contribution in [3.05, 3.63) is 58.3 Å². The Labute approximate surface area is 123 Å². The van der Waals surface area contributed by atoms with Crippen LogP contribution in [0.4, 0.5) is 0 Å². The number of benzene rings is 1. The Balaban J connectivity index is 1.45. The normalized spacial score (nSPS) is 21.7. The maximum Gasteiger partial charge on any atom is 0.188 e. The van der Waals surface area contributed by atoms with Crippen molar-refractivity contribution in [1.82, 2.24) is 5.32 Å². The number of hydrogen-bond acceptors (Lipinski definition) is 2. The van der Waals surface area contributed by atoms with Crippen molar-refractivity contribution in [2.24, 2.45) is 10.7 Å². The zero-order valence-corrected chi connectivity index (χ0v) is 12.1. The largest absolute Gasteiger partial charge is 0.370 e. The lowest BCUT2D eigenvalue weighted by Gasteiger charge is -2.05. The molecule has 2 unspecified atom stereocenters. The molecule has 0 bridgehead atoms. The molecule has 3 N–H and O–H groups in total. The highest BCUT2D eigenvalue weighted by Gasteiger charge is 2.38. The number of hydrogen-bond donors (Lipinski definition) is 2. The van der Waals surface area contributed by atoms with E-state index in [0.29, 0.717) is 17.9 Å². The van der Waals surface area contributed by atoms with Crippen molar-refractivity contribution >= 4 is 17.3 Å². The van der Waals surface area contributed by atoms with Crippen LogP contribution in [0.25, 0.3) is 0 Å². The fourth-order valence-corrected chi connectivity index (χ4v) is 3.10. The Hall–Kier alpha value is -1.81. The van der Waals surface area contributed by atoms with Gasteiger partial charge in [0.1, 0.15) is 0 Å². The summed E-state index contributed by atoms with van der Waals surface area (Å²) < 4.78 is 0. The van der Waals surface area contributed by atoms with Crippen LogP contribution < -0.4 is 11.1 Å². The van der Waals surface area contributed by atoms with E-state index in [-0.39, 0.29) is 0 Å². The summed E-state index contributed by atoms with van der Waals surface area (Å²) in [5, 5.41) is 5.41. The van der Waals surface area contributed by atoms with E-state index in [4.69, 9.17) is 5.73 Å². The van der Waals surface area contributed by atoms with Gasteiger partial charge in [0.15, 0.2) is 5.96 Å². The first-order chi connectivity index (χ1) is 9.83. The first-order valence-corrected chi connectivity index (χ1v) is 7.84. The molecule has 1 heterocycles. The highest BCUT2D eigenvalue weighted by molar-refractivity contribution is 7.09. The Bertz CT molecular complexity index is 563. The van der Waals surface area contributed by atoms with E-state index in [1.807, 2.05) is 0 Å². The van der Waals surface area contributed by atoms with Crippen molar-refractivity contribution < 1.29 is 0 Å². The first-order valence-electron chi connectivity index (χ1n) is 6.97. The predicted octanol–water partition coefficient (Wildman–Crippen LogP) is 2.75. The van der Waals surface area contributed by atoms with E-state index in [1.54, 1.807) is 11.3 Å². The molecule has 0 aliphatic heterocycles. The standard InChI is InChI=1S/C16H19N3S/c17-16(18-9-8-13-7-4-10-20-13)19-15-11-14(15)12-5-2-1-3-6-12/h1-7,10,14-15H,8-9,11H2,(H3,17,18,19). The topological polar surface area (TPSA) is 50.4 Å². The molecule has 1 aromatic heterocycles. The summed E-state index contributed by atoms with van der Waals surface area (Å²) in [6.07, 6.45) is 2.11. The molecule has 0 amide bonds. The minimum Gasteiger partial charge on any atom is -0.370 e. The second-order valence-electron chi connectivity index (χ2n) is 5.10.